The summed E-state index contributed by atoms with van der Waals surface area (Å²) in [5, 5.41) is 10.0. The highest BCUT2D eigenvalue weighted by molar-refractivity contribution is 6.42. The van der Waals surface area contributed by atoms with Gasteiger partial charge in [0.15, 0.2) is 0 Å². The van der Waals surface area contributed by atoms with E-state index >= 15 is 0 Å². The second kappa shape index (κ2) is 7.11. The van der Waals surface area contributed by atoms with E-state index in [2.05, 4.69) is 0 Å². The largest absolute Gasteiger partial charge is 0.395 e. The molecule has 1 fully saturated rings. The maximum Gasteiger partial charge on any atom is 0.246 e. The lowest BCUT2D eigenvalue weighted by Gasteiger charge is -2.36. The van der Waals surface area contributed by atoms with Crippen LogP contribution in [0.2, 0.25) is 10.0 Å². The van der Waals surface area contributed by atoms with Crippen molar-refractivity contribution in [3.05, 3.63) is 39.9 Å². The second-order valence-corrected chi connectivity index (χ2v) is 5.66. The Hall–Kier alpha value is -1.03. The van der Waals surface area contributed by atoms with Gasteiger partial charge in [0.2, 0.25) is 5.91 Å². The molecule has 0 atom stereocenters. The van der Waals surface area contributed by atoms with Crippen LogP contribution in [0.15, 0.2) is 24.3 Å². The molecule has 108 valence electrons. The van der Waals surface area contributed by atoms with E-state index in [1.807, 2.05) is 0 Å². The van der Waals surface area contributed by atoms with Gasteiger partial charge >= 0.3 is 0 Å². The Morgan fingerprint density at radius 1 is 1.35 bits per heavy atom. The number of nitrogens with zero attached hydrogens (tertiary/aromatic N) is 1. The number of carbonyl (C=O) groups is 1. The first-order chi connectivity index (χ1) is 9.61. The second-order valence-electron chi connectivity index (χ2n) is 4.85. The summed E-state index contributed by atoms with van der Waals surface area (Å²) in [5.41, 5.74) is 0.824. The van der Waals surface area contributed by atoms with Crippen molar-refractivity contribution in [3.8, 4) is 0 Å². The minimum Gasteiger partial charge on any atom is -0.395 e. The minimum absolute atomic E-state index is 0.0111. The summed E-state index contributed by atoms with van der Waals surface area (Å²) in [6, 6.07) is 5.49. The molecule has 1 saturated carbocycles. The first-order valence-electron chi connectivity index (χ1n) is 6.66. The van der Waals surface area contributed by atoms with E-state index in [0.29, 0.717) is 16.6 Å². The molecule has 0 saturated heterocycles. The SMILES string of the molecule is O=C(/C=C/c1ccc(Cl)c(Cl)c1)N(CCO)C1CCC1. The smallest absolute Gasteiger partial charge is 0.246 e. The van der Waals surface area contributed by atoms with E-state index in [-0.39, 0.29) is 18.6 Å². The van der Waals surface area contributed by atoms with Gasteiger partial charge in [-0.15, -0.1) is 0 Å². The standard InChI is InChI=1S/C15H17Cl2NO2/c16-13-6-4-11(10-14(13)17)5-7-15(20)18(8-9-19)12-2-1-3-12/h4-7,10,12,19H,1-3,8-9H2/b7-5+. The Morgan fingerprint density at radius 2 is 2.10 bits per heavy atom. The normalized spacial score (nSPS) is 15.3. The summed E-state index contributed by atoms with van der Waals surface area (Å²) < 4.78 is 0. The third kappa shape index (κ3) is 3.75. The molecule has 3 nitrogen and oxygen atoms in total. The molecule has 5 heteroatoms. The van der Waals surface area contributed by atoms with Gasteiger partial charge in [0.05, 0.1) is 16.7 Å². The number of amides is 1. The lowest BCUT2D eigenvalue weighted by Crippen LogP contribution is -2.44. The molecular weight excluding hydrogens is 297 g/mol. The van der Waals surface area contributed by atoms with Gasteiger partial charge in [-0.3, -0.25) is 4.79 Å². The molecule has 1 amide bonds. The van der Waals surface area contributed by atoms with E-state index < -0.39 is 0 Å². The Labute approximate surface area is 128 Å². The van der Waals surface area contributed by atoms with Crippen molar-refractivity contribution in [2.24, 2.45) is 0 Å². The Kier molecular flexibility index (Phi) is 5.46. The molecule has 0 aromatic heterocycles. The number of aliphatic hydroxyl groups excluding tert-OH is 1. The first-order valence-corrected chi connectivity index (χ1v) is 7.42. The summed E-state index contributed by atoms with van der Waals surface area (Å²) in [6.07, 6.45) is 6.43. The van der Waals surface area contributed by atoms with Crippen molar-refractivity contribution in [3.63, 3.8) is 0 Å². The predicted molar refractivity (Wildman–Crippen MR) is 81.9 cm³/mol. The van der Waals surface area contributed by atoms with Gasteiger partial charge in [-0.2, -0.15) is 0 Å². The fourth-order valence-electron chi connectivity index (χ4n) is 2.16. The van der Waals surface area contributed by atoms with Crippen LogP contribution in [-0.2, 0) is 4.79 Å². The minimum atomic E-state index is -0.0742. The van der Waals surface area contributed by atoms with Crippen LogP contribution < -0.4 is 0 Å². The van der Waals surface area contributed by atoms with Crippen LogP contribution in [0.5, 0.6) is 0 Å². The number of rotatable bonds is 5. The number of carbonyl (C=O) groups excluding carboxylic acids is 1. The molecule has 0 radical (unpaired) electrons. The highest BCUT2D eigenvalue weighted by Gasteiger charge is 2.26. The molecule has 2 rings (SSSR count). The Bertz CT molecular complexity index is 513. The summed E-state index contributed by atoms with van der Waals surface area (Å²) in [7, 11) is 0. The molecule has 1 aliphatic rings. The van der Waals surface area contributed by atoms with Crippen LogP contribution in [0.25, 0.3) is 6.08 Å². The van der Waals surface area contributed by atoms with Gasteiger partial charge in [0.25, 0.3) is 0 Å². The monoisotopic (exact) mass is 313 g/mol. The van der Waals surface area contributed by atoms with Gasteiger partial charge in [-0.05, 0) is 43.0 Å². The molecule has 1 N–H and O–H groups in total. The van der Waals surface area contributed by atoms with Crippen molar-refractivity contribution in [1.82, 2.24) is 4.90 Å². The Balaban J connectivity index is 2.04. The lowest BCUT2D eigenvalue weighted by atomic mass is 9.91. The van der Waals surface area contributed by atoms with Crippen molar-refractivity contribution in [1.29, 1.82) is 0 Å². The molecule has 1 aromatic rings. The average Bonchev–Trinajstić information content (AvgIpc) is 2.37. The molecule has 1 aliphatic carbocycles. The number of halogens is 2. The zero-order valence-electron chi connectivity index (χ0n) is 11.1. The number of aliphatic hydroxyl groups is 1. The van der Waals surface area contributed by atoms with Gasteiger partial charge < -0.3 is 10.0 Å². The van der Waals surface area contributed by atoms with Gasteiger partial charge in [0.1, 0.15) is 0 Å². The van der Waals surface area contributed by atoms with Gasteiger partial charge in [-0.1, -0.05) is 29.3 Å². The van der Waals surface area contributed by atoms with Crippen LogP contribution in [0, 0.1) is 0 Å². The van der Waals surface area contributed by atoms with Gasteiger partial charge in [-0.25, -0.2) is 0 Å². The highest BCUT2D eigenvalue weighted by Crippen LogP contribution is 2.25. The van der Waals surface area contributed by atoms with Crippen molar-refractivity contribution in [2.75, 3.05) is 13.2 Å². The molecule has 0 spiro atoms. The van der Waals surface area contributed by atoms with E-state index in [4.69, 9.17) is 28.3 Å². The fraction of sp³-hybridized carbons (Fsp3) is 0.400. The summed E-state index contributed by atoms with van der Waals surface area (Å²) in [5.74, 6) is -0.0742. The molecule has 20 heavy (non-hydrogen) atoms. The molecule has 0 aliphatic heterocycles. The first kappa shape index (κ1) is 15.4. The zero-order valence-corrected chi connectivity index (χ0v) is 12.6. The maximum atomic E-state index is 12.2. The molecule has 0 bridgehead atoms. The van der Waals surface area contributed by atoms with E-state index in [0.717, 1.165) is 24.8 Å². The topological polar surface area (TPSA) is 40.5 Å². The van der Waals surface area contributed by atoms with Crippen LogP contribution >= 0.6 is 23.2 Å². The van der Waals surface area contributed by atoms with Crippen LogP contribution in [0.1, 0.15) is 24.8 Å². The molecule has 1 aromatic carbocycles. The van der Waals surface area contributed by atoms with Crippen molar-refractivity contribution in [2.45, 2.75) is 25.3 Å². The van der Waals surface area contributed by atoms with E-state index in [9.17, 15) is 4.79 Å². The average molecular weight is 314 g/mol. The van der Waals surface area contributed by atoms with Crippen LogP contribution in [0.3, 0.4) is 0 Å². The van der Waals surface area contributed by atoms with E-state index in [1.165, 1.54) is 6.08 Å². The van der Waals surface area contributed by atoms with Crippen molar-refractivity contribution < 1.29 is 9.90 Å². The molecule has 0 heterocycles. The molecular formula is C15H17Cl2NO2. The number of benzene rings is 1. The highest BCUT2D eigenvalue weighted by atomic mass is 35.5. The fourth-order valence-corrected chi connectivity index (χ4v) is 2.46. The summed E-state index contributed by atoms with van der Waals surface area (Å²) in [6.45, 7) is 0.373. The quantitative estimate of drug-likeness (QED) is 0.847. The Morgan fingerprint density at radius 3 is 2.65 bits per heavy atom. The third-order valence-corrected chi connectivity index (χ3v) is 4.24. The van der Waals surface area contributed by atoms with Crippen LogP contribution in [0.4, 0.5) is 0 Å². The third-order valence-electron chi connectivity index (χ3n) is 3.50. The van der Waals surface area contributed by atoms with E-state index in [1.54, 1.807) is 29.2 Å². The molecule has 0 unspecified atom stereocenters. The lowest BCUT2D eigenvalue weighted by molar-refractivity contribution is -0.130. The predicted octanol–water partition coefficient (Wildman–Crippen LogP) is 3.38. The summed E-state index contributed by atoms with van der Waals surface area (Å²) >= 11 is 11.8. The van der Waals surface area contributed by atoms with Crippen LogP contribution in [-0.4, -0.2) is 35.1 Å². The number of hydrogen-bond acceptors (Lipinski definition) is 2. The number of hydrogen-bond donors (Lipinski definition) is 1. The summed E-state index contributed by atoms with van der Waals surface area (Å²) in [4.78, 5) is 13.9. The maximum absolute atomic E-state index is 12.2. The van der Waals surface area contributed by atoms with Gasteiger partial charge in [0, 0.05) is 18.7 Å². The van der Waals surface area contributed by atoms with Crippen molar-refractivity contribution >= 4 is 35.2 Å². The zero-order chi connectivity index (χ0) is 14.5.